The molecule has 1 aliphatic heterocycles. The zero-order valence-electron chi connectivity index (χ0n) is 19.5. The molecule has 1 saturated heterocycles. The van der Waals surface area contributed by atoms with E-state index in [2.05, 4.69) is 21.2 Å². The Kier molecular flexibility index (Phi) is 9.23. The molecule has 0 unspecified atom stereocenters. The topological polar surface area (TPSA) is 67.9 Å². The minimum absolute atomic E-state index is 0.110. The monoisotopic (exact) mass is 672 g/mol. The number of hydrogen-bond donors (Lipinski definition) is 1. The zero-order chi connectivity index (χ0) is 27.6. The van der Waals surface area contributed by atoms with Crippen LogP contribution in [0.15, 0.2) is 58.6 Å². The molecular formula is C26H17BrCl4N2O4S. The van der Waals surface area contributed by atoms with Crippen molar-refractivity contribution in [2.24, 2.45) is 0 Å². The molecule has 2 amide bonds. The average Bonchev–Trinajstić information content (AvgIpc) is 2.87. The zero-order valence-corrected chi connectivity index (χ0v) is 24.9. The molecule has 0 bridgehead atoms. The maximum Gasteiger partial charge on any atom is 0.270 e. The Labute approximate surface area is 252 Å². The van der Waals surface area contributed by atoms with Crippen molar-refractivity contribution in [1.29, 1.82) is 0 Å². The Morgan fingerprint density at radius 2 is 1.71 bits per heavy atom. The second-order valence-corrected chi connectivity index (χ2v) is 10.7. The highest BCUT2D eigenvalue weighted by atomic mass is 79.9. The van der Waals surface area contributed by atoms with Crippen molar-refractivity contribution in [2.45, 2.75) is 13.5 Å². The number of nitrogens with one attached hydrogen (secondary N) is 1. The molecule has 0 spiro atoms. The molecule has 6 nitrogen and oxygen atoms in total. The fourth-order valence-electron chi connectivity index (χ4n) is 3.53. The van der Waals surface area contributed by atoms with E-state index in [-0.39, 0.29) is 33.0 Å². The molecule has 4 rings (SSSR count). The standard InChI is InChI=1S/C26H17BrCl4N2O4S/c1-2-36-21-10-14(16(27)11-22(21)37-12-13-6-7-17(28)19(30)8-13)9-15-24(34)32-26(38)33(25(15)35)20-5-3-4-18(29)23(20)31/h3-11H,2,12H2,1H3,(H,32,34,38)/b15-9+. The summed E-state index contributed by atoms with van der Waals surface area (Å²) in [4.78, 5) is 27.3. The molecule has 0 aromatic heterocycles. The summed E-state index contributed by atoms with van der Waals surface area (Å²) in [5.41, 5.74) is 1.39. The first kappa shape index (κ1) is 28.7. The van der Waals surface area contributed by atoms with Crippen LogP contribution in [0, 0.1) is 0 Å². The minimum Gasteiger partial charge on any atom is -0.490 e. The van der Waals surface area contributed by atoms with Crippen molar-refractivity contribution in [3.63, 3.8) is 0 Å². The Morgan fingerprint density at radius 3 is 2.42 bits per heavy atom. The number of halogens is 5. The molecular weight excluding hydrogens is 658 g/mol. The maximum absolute atomic E-state index is 13.4. The van der Waals surface area contributed by atoms with Crippen LogP contribution in [0.5, 0.6) is 11.5 Å². The summed E-state index contributed by atoms with van der Waals surface area (Å²) in [6.45, 7) is 2.39. The molecule has 196 valence electrons. The normalized spacial score (nSPS) is 14.6. The largest absolute Gasteiger partial charge is 0.490 e. The quantitative estimate of drug-likeness (QED) is 0.157. The number of thiocarbonyl (C=S) groups is 1. The van der Waals surface area contributed by atoms with Gasteiger partial charge in [0, 0.05) is 4.47 Å². The average molecular weight is 675 g/mol. The van der Waals surface area contributed by atoms with Gasteiger partial charge in [-0.1, -0.05) is 74.5 Å². The van der Waals surface area contributed by atoms with Gasteiger partial charge < -0.3 is 9.47 Å². The first-order valence-corrected chi connectivity index (χ1v) is 13.7. The lowest BCUT2D eigenvalue weighted by molar-refractivity contribution is -0.122. The predicted molar refractivity (Wildman–Crippen MR) is 159 cm³/mol. The van der Waals surface area contributed by atoms with Crippen molar-refractivity contribution in [1.82, 2.24) is 5.32 Å². The smallest absolute Gasteiger partial charge is 0.270 e. The van der Waals surface area contributed by atoms with Crippen molar-refractivity contribution in [3.05, 3.63) is 89.8 Å². The van der Waals surface area contributed by atoms with Gasteiger partial charge in [-0.25, -0.2) is 0 Å². The van der Waals surface area contributed by atoms with Gasteiger partial charge in [-0.15, -0.1) is 0 Å². The Bertz CT molecular complexity index is 1500. The molecule has 12 heteroatoms. The molecule has 1 aliphatic rings. The van der Waals surface area contributed by atoms with Crippen LogP contribution < -0.4 is 19.7 Å². The lowest BCUT2D eigenvalue weighted by atomic mass is 10.1. The first-order valence-electron chi connectivity index (χ1n) is 11.0. The summed E-state index contributed by atoms with van der Waals surface area (Å²) in [6.07, 6.45) is 1.43. The molecule has 1 N–H and O–H groups in total. The third-order valence-corrected chi connectivity index (χ3v) is 7.83. The van der Waals surface area contributed by atoms with Gasteiger partial charge in [0.15, 0.2) is 16.6 Å². The van der Waals surface area contributed by atoms with Gasteiger partial charge >= 0.3 is 0 Å². The van der Waals surface area contributed by atoms with Crippen molar-refractivity contribution in [2.75, 3.05) is 11.5 Å². The van der Waals surface area contributed by atoms with E-state index in [1.165, 1.54) is 6.08 Å². The predicted octanol–water partition coefficient (Wildman–Crippen LogP) is 7.87. The van der Waals surface area contributed by atoms with Crippen LogP contribution in [-0.4, -0.2) is 23.5 Å². The van der Waals surface area contributed by atoms with E-state index in [0.29, 0.717) is 38.2 Å². The van der Waals surface area contributed by atoms with Gasteiger partial charge in [-0.2, -0.15) is 0 Å². The van der Waals surface area contributed by atoms with Gasteiger partial charge in [0.25, 0.3) is 11.8 Å². The fraction of sp³-hybridized carbons (Fsp3) is 0.115. The van der Waals surface area contributed by atoms with Crippen molar-refractivity contribution >= 4 is 103 Å². The molecule has 0 radical (unpaired) electrons. The van der Waals surface area contributed by atoms with E-state index < -0.39 is 11.8 Å². The Balaban J connectivity index is 1.68. The lowest BCUT2D eigenvalue weighted by Crippen LogP contribution is -2.54. The Hall–Kier alpha value is -2.33. The molecule has 1 fully saturated rings. The van der Waals surface area contributed by atoms with E-state index in [0.717, 1.165) is 10.5 Å². The van der Waals surface area contributed by atoms with E-state index in [4.69, 9.17) is 68.1 Å². The summed E-state index contributed by atoms with van der Waals surface area (Å²) in [5, 5.41) is 3.65. The number of benzene rings is 3. The van der Waals surface area contributed by atoms with Crippen LogP contribution in [-0.2, 0) is 16.2 Å². The highest BCUT2D eigenvalue weighted by molar-refractivity contribution is 9.10. The fourth-order valence-corrected chi connectivity index (χ4v) is 4.94. The number of ether oxygens (including phenoxy) is 2. The maximum atomic E-state index is 13.4. The Morgan fingerprint density at radius 1 is 0.974 bits per heavy atom. The summed E-state index contributed by atoms with van der Waals surface area (Å²) in [5.74, 6) is -0.455. The number of hydrogen-bond acceptors (Lipinski definition) is 5. The van der Waals surface area contributed by atoms with Gasteiger partial charge in [-0.3, -0.25) is 19.8 Å². The summed E-state index contributed by atoms with van der Waals surface area (Å²) in [7, 11) is 0. The number of nitrogens with zero attached hydrogens (tertiary/aromatic N) is 1. The summed E-state index contributed by atoms with van der Waals surface area (Å²) in [6, 6.07) is 13.3. The first-order chi connectivity index (χ1) is 18.1. The van der Waals surface area contributed by atoms with Gasteiger partial charge in [-0.05, 0) is 72.7 Å². The van der Waals surface area contributed by atoms with Crippen LogP contribution in [0.1, 0.15) is 18.1 Å². The molecule has 1 heterocycles. The van der Waals surface area contributed by atoms with Gasteiger partial charge in [0.05, 0.1) is 32.4 Å². The van der Waals surface area contributed by atoms with E-state index >= 15 is 0 Å². The summed E-state index contributed by atoms with van der Waals surface area (Å²) >= 11 is 33.3. The number of anilines is 1. The second-order valence-electron chi connectivity index (χ2n) is 7.82. The van der Waals surface area contributed by atoms with Gasteiger partial charge in [0.1, 0.15) is 12.2 Å². The molecule has 0 saturated carbocycles. The van der Waals surface area contributed by atoms with Gasteiger partial charge in [0.2, 0.25) is 0 Å². The third-order valence-electron chi connectivity index (χ3n) is 5.31. The van der Waals surface area contributed by atoms with E-state index in [1.807, 2.05) is 6.92 Å². The van der Waals surface area contributed by atoms with Crippen molar-refractivity contribution < 1.29 is 19.1 Å². The minimum atomic E-state index is -0.660. The highest BCUT2D eigenvalue weighted by Crippen LogP contribution is 2.37. The van der Waals surface area contributed by atoms with E-state index in [1.54, 1.807) is 48.5 Å². The second kappa shape index (κ2) is 12.2. The molecule has 3 aromatic carbocycles. The molecule has 3 aromatic rings. The van der Waals surface area contributed by atoms with Crippen LogP contribution in [0.25, 0.3) is 6.08 Å². The van der Waals surface area contributed by atoms with E-state index in [9.17, 15) is 9.59 Å². The number of carbonyl (C=O) groups is 2. The van der Waals surface area contributed by atoms with Crippen LogP contribution in [0.3, 0.4) is 0 Å². The lowest BCUT2D eigenvalue weighted by Gasteiger charge is -2.29. The molecule has 0 aliphatic carbocycles. The number of carbonyl (C=O) groups excluding carboxylic acids is 2. The van der Waals surface area contributed by atoms with Crippen molar-refractivity contribution in [3.8, 4) is 11.5 Å². The molecule has 0 atom stereocenters. The number of rotatable bonds is 7. The summed E-state index contributed by atoms with van der Waals surface area (Å²) < 4.78 is 12.3. The van der Waals surface area contributed by atoms with Crippen LogP contribution in [0.2, 0.25) is 20.1 Å². The SMILES string of the molecule is CCOc1cc(/C=C2\C(=O)NC(=S)N(c3cccc(Cl)c3Cl)C2=O)c(Br)cc1OCc1ccc(Cl)c(Cl)c1. The van der Waals surface area contributed by atoms with Crippen LogP contribution in [0.4, 0.5) is 5.69 Å². The molecule has 38 heavy (non-hydrogen) atoms. The van der Waals surface area contributed by atoms with Crippen LogP contribution >= 0.6 is 74.6 Å². The highest BCUT2D eigenvalue weighted by Gasteiger charge is 2.36. The third kappa shape index (κ3) is 6.11. The number of amides is 2.